The predicted molar refractivity (Wildman–Crippen MR) is 239 cm³/mol. The summed E-state index contributed by atoms with van der Waals surface area (Å²) in [6.07, 6.45) is 11.3. The molecule has 0 radical (unpaired) electrons. The molecule has 0 bridgehead atoms. The summed E-state index contributed by atoms with van der Waals surface area (Å²) < 4.78 is 10.3. The Kier molecular flexibility index (Phi) is 8.01. The molecule has 2 aliphatic rings. The zero-order valence-electron chi connectivity index (χ0n) is 32.3. The van der Waals surface area contributed by atoms with Gasteiger partial charge in [-0.3, -0.25) is 0 Å². The first-order valence-electron chi connectivity index (χ1n) is 20.0. The molecule has 7 aromatic rings. The van der Waals surface area contributed by atoms with Gasteiger partial charge in [-0.1, -0.05) is 0 Å². The second-order valence-electron chi connectivity index (χ2n) is 19.7. The Morgan fingerprint density at radius 2 is 0.764 bits per heavy atom. The Balaban J connectivity index is 1.23. The van der Waals surface area contributed by atoms with Crippen LogP contribution in [0.15, 0.2) is 188 Å². The van der Waals surface area contributed by atoms with Crippen molar-refractivity contribution in [2.45, 2.75) is 32.0 Å². The van der Waals surface area contributed by atoms with Crippen LogP contribution in [0.3, 0.4) is 0 Å². The molecule has 0 saturated heterocycles. The van der Waals surface area contributed by atoms with E-state index in [4.69, 9.17) is 0 Å². The topological polar surface area (TPSA) is 0 Å². The molecule has 0 N–H and O–H groups in total. The van der Waals surface area contributed by atoms with Gasteiger partial charge in [0.1, 0.15) is 0 Å². The summed E-state index contributed by atoms with van der Waals surface area (Å²) in [5.41, 5.74) is 17.5. The maximum atomic E-state index is 2.83. The van der Waals surface area contributed by atoms with Crippen LogP contribution in [0, 0.1) is 0 Å². The summed E-state index contributed by atoms with van der Waals surface area (Å²) in [4.78, 5) is 0. The van der Waals surface area contributed by atoms with Crippen LogP contribution in [0.25, 0.3) is 56.7 Å². The van der Waals surface area contributed by atoms with Crippen LogP contribution in [0.5, 0.6) is 0 Å². The zero-order chi connectivity index (χ0) is 37.8. The number of rotatable bonds is 9. The van der Waals surface area contributed by atoms with Crippen molar-refractivity contribution in [3.05, 3.63) is 216 Å². The van der Waals surface area contributed by atoms with E-state index in [0.29, 0.717) is 7.35 Å². The fourth-order valence-electron chi connectivity index (χ4n) is 10.7. The van der Waals surface area contributed by atoms with Crippen molar-refractivity contribution < 1.29 is 14.2 Å². The summed E-state index contributed by atoms with van der Waals surface area (Å²) in [6, 6.07) is 65.1. The van der Waals surface area contributed by atoms with Gasteiger partial charge in [0.05, 0.1) is 0 Å². The van der Waals surface area contributed by atoms with Crippen molar-refractivity contribution in [1.29, 1.82) is 0 Å². The molecule has 0 fully saturated rings. The molecule has 270 valence electrons. The van der Waals surface area contributed by atoms with E-state index in [1.807, 2.05) is 0 Å². The molecule has 2 atom stereocenters. The third-order valence-electron chi connectivity index (χ3n) is 14.0. The SMILES string of the molecule is [CH3][Hf]([CH3])([CH3])(=[SiH2])([CH2]Cc1ccccc1)([CH]1C=Cc2c(-c3ccccc3-c3ccccc3)cccc21)[CH]1C=Cc2c(-c3ccccc3-c3ccccc3)cccc21. The number of hydrogen-bond acceptors (Lipinski definition) is 0. The van der Waals surface area contributed by atoms with Crippen molar-refractivity contribution in [2.24, 2.45) is 0 Å². The zero-order valence-corrected chi connectivity index (χ0v) is 37.3. The maximum absolute atomic E-state index is 5.28. The molecule has 55 heavy (non-hydrogen) atoms. The Morgan fingerprint density at radius 3 is 1.20 bits per heavy atom. The van der Waals surface area contributed by atoms with Gasteiger partial charge in [0.25, 0.3) is 0 Å². The monoisotopic (exact) mass is 894 g/mol. The van der Waals surface area contributed by atoms with Gasteiger partial charge in [-0.25, -0.2) is 0 Å². The summed E-state index contributed by atoms with van der Waals surface area (Å²) in [6.45, 7) is 2.48. The molecule has 0 aliphatic heterocycles. The molecule has 9 rings (SSSR count). The summed E-state index contributed by atoms with van der Waals surface area (Å²) in [5, 5.41) is 0. The normalized spacial score (nSPS) is 17.8. The average Bonchev–Trinajstić information content (AvgIpc) is 3.89. The second-order valence-corrected chi connectivity index (χ2v) is 101. The second kappa shape index (κ2) is 12.3. The molecule has 0 spiro atoms. The van der Waals surface area contributed by atoms with Gasteiger partial charge in [-0.15, -0.1) is 0 Å². The summed E-state index contributed by atoms with van der Waals surface area (Å²) in [7, 11) is 0. The number of fused-ring (bicyclic) bond motifs is 2. The van der Waals surface area contributed by atoms with Crippen LogP contribution < -0.4 is 0 Å². The van der Waals surface area contributed by atoms with Crippen LogP contribution in [-0.2, 0) is 20.6 Å². The fraction of sp³-hybridized carbons (Fsp3) is 0.132. The molecule has 0 heterocycles. The van der Waals surface area contributed by atoms with E-state index >= 15 is 0 Å². The molecular formula is C53H50HfSi. The average molecular weight is 894 g/mol. The third-order valence-corrected chi connectivity index (χ3v) is 59.7. The predicted octanol–water partition coefficient (Wildman–Crippen LogP) is 14.3. The van der Waals surface area contributed by atoms with E-state index in [1.165, 1.54) is 76.5 Å². The van der Waals surface area contributed by atoms with Crippen molar-refractivity contribution in [3.8, 4) is 44.5 Å². The van der Waals surface area contributed by atoms with Gasteiger partial charge < -0.3 is 0 Å². The summed E-state index contributed by atoms with van der Waals surface area (Å²) in [5.74, 6) is 0. The van der Waals surface area contributed by atoms with E-state index in [0.717, 1.165) is 6.42 Å². The molecule has 2 unspecified atom stereocenters. The molecule has 2 aliphatic carbocycles. The first-order valence-corrected chi connectivity index (χ1v) is 45.8. The van der Waals surface area contributed by atoms with Gasteiger partial charge in [0.15, 0.2) is 0 Å². The van der Waals surface area contributed by atoms with Crippen LogP contribution in [-0.4, -0.2) is 6.94 Å². The van der Waals surface area contributed by atoms with E-state index in [2.05, 4.69) is 221 Å². The van der Waals surface area contributed by atoms with Gasteiger partial charge in [0.2, 0.25) is 0 Å². The number of benzene rings is 7. The van der Waals surface area contributed by atoms with Crippen molar-refractivity contribution >= 4 is 19.1 Å². The van der Waals surface area contributed by atoms with E-state index < -0.39 is 14.2 Å². The number of allylic oxidation sites excluding steroid dienone is 2. The molecule has 2 heteroatoms. The number of hydrogen-bond donors (Lipinski definition) is 0. The van der Waals surface area contributed by atoms with Gasteiger partial charge in [-0.05, 0) is 0 Å². The minimum atomic E-state index is -5.28. The van der Waals surface area contributed by atoms with Gasteiger partial charge in [-0.2, -0.15) is 0 Å². The van der Waals surface area contributed by atoms with Crippen LogP contribution in [0.4, 0.5) is 0 Å². The first-order chi connectivity index (χ1) is 26.5. The number of aryl methyl sites for hydroxylation is 1. The van der Waals surface area contributed by atoms with E-state index in [9.17, 15) is 0 Å². The van der Waals surface area contributed by atoms with E-state index in [1.54, 1.807) is 0 Å². The first kappa shape index (κ1) is 35.8. The minimum absolute atomic E-state index is 0.311. The molecule has 0 amide bonds. The standard InChI is InChI=1S/2C21H15.C8H9.3CH3.Hf.H2Si/c2*1-2-8-16(9-3-1)18-12-4-5-13-20(18)21-15-7-11-17-10-6-14-19(17)21;1-2-8-6-4-3-5-7-8;;;;;/h2*1-15H;3-7H,1-2H2;3*1H3;;1H2. The van der Waals surface area contributed by atoms with Gasteiger partial charge in [0, 0.05) is 0 Å². The quantitative estimate of drug-likeness (QED) is 0.127. The fourth-order valence-corrected chi connectivity index (χ4v) is 47.6. The van der Waals surface area contributed by atoms with Crippen molar-refractivity contribution in [3.63, 3.8) is 0 Å². The summed E-state index contributed by atoms with van der Waals surface area (Å²) >= 11 is -5.28. The third kappa shape index (κ3) is 5.88. The molecule has 7 aromatic carbocycles. The van der Waals surface area contributed by atoms with Crippen LogP contribution in [0.1, 0.15) is 35.2 Å². The Labute approximate surface area is 323 Å². The Bertz CT molecular complexity index is 2620. The van der Waals surface area contributed by atoms with Crippen LogP contribution >= 0.6 is 0 Å². The molecule has 0 nitrogen and oxygen atoms in total. The Hall–Kier alpha value is -4.89. The molecular weight excluding hydrogens is 843 g/mol. The van der Waals surface area contributed by atoms with Gasteiger partial charge >= 0.3 is 326 Å². The molecule has 0 saturated carbocycles. The van der Waals surface area contributed by atoms with Crippen LogP contribution in [0.2, 0.25) is 18.2 Å². The van der Waals surface area contributed by atoms with Crippen molar-refractivity contribution in [2.75, 3.05) is 0 Å². The molecule has 0 aromatic heterocycles. The van der Waals surface area contributed by atoms with E-state index in [-0.39, 0.29) is 0 Å². The Morgan fingerprint density at radius 1 is 0.400 bits per heavy atom. The van der Waals surface area contributed by atoms with Crippen molar-refractivity contribution in [1.82, 2.24) is 0 Å².